The van der Waals surface area contributed by atoms with E-state index in [-0.39, 0.29) is 56.0 Å². The zero-order valence-corrected chi connectivity index (χ0v) is 18.3. The summed E-state index contributed by atoms with van der Waals surface area (Å²) < 4.78 is 5.98. The number of hydrogen-bond acceptors (Lipinski definition) is 2. The van der Waals surface area contributed by atoms with Gasteiger partial charge in [-0.05, 0) is 55.9 Å². The first-order chi connectivity index (χ1) is 11.0. The van der Waals surface area contributed by atoms with Crippen molar-refractivity contribution in [1.29, 1.82) is 0 Å². The van der Waals surface area contributed by atoms with Gasteiger partial charge in [-0.25, -0.2) is 0 Å². The molecule has 1 radical (unpaired) electrons. The fourth-order valence-corrected chi connectivity index (χ4v) is 3.86. The Morgan fingerprint density at radius 2 is 1.88 bits per heavy atom. The molecule has 1 aromatic rings. The number of aliphatic hydroxyl groups is 1. The number of allylic oxidation sites excluding steroid dienone is 2. The predicted octanol–water partition coefficient (Wildman–Crippen LogP) is 4.84. The van der Waals surface area contributed by atoms with Crippen LogP contribution in [0.4, 0.5) is 0 Å². The molecule has 0 amide bonds. The van der Waals surface area contributed by atoms with Gasteiger partial charge in [-0.1, -0.05) is 24.6 Å². The molecule has 0 unspecified atom stereocenters. The van der Waals surface area contributed by atoms with Crippen LogP contribution in [0.15, 0.2) is 30.4 Å². The minimum atomic E-state index is -0.380. The van der Waals surface area contributed by atoms with E-state index in [1.165, 1.54) is 11.1 Å². The molecule has 1 aromatic carbocycles. The molecule has 0 aliphatic heterocycles. The second-order valence-electron chi connectivity index (χ2n) is 6.63. The predicted molar refractivity (Wildman–Crippen MR) is 97.0 cm³/mol. The molecule has 1 aliphatic carbocycles. The Kier molecular flexibility index (Phi) is 10.1. The topological polar surface area (TPSA) is 29.5 Å². The molecular formula is C20H28ClO2Y-. The molecule has 0 aromatic heterocycles. The van der Waals surface area contributed by atoms with Gasteiger partial charge in [0.1, 0.15) is 5.75 Å². The average molecular weight is 425 g/mol. The number of aryl methyl sites for hydroxylation is 2. The van der Waals surface area contributed by atoms with Gasteiger partial charge < -0.3 is 16.8 Å². The summed E-state index contributed by atoms with van der Waals surface area (Å²) in [6.45, 7) is 8.48. The Balaban J connectivity index is 0.00000288. The van der Waals surface area contributed by atoms with Gasteiger partial charge in [0.25, 0.3) is 0 Å². The Morgan fingerprint density at radius 1 is 1.21 bits per heavy atom. The number of halogens is 1. The third-order valence-corrected chi connectivity index (χ3v) is 5.06. The minimum absolute atomic E-state index is 0. The summed E-state index contributed by atoms with van der Waals surface area (Å²) in [5.74, 6) is 1.22. The van der Waals surface area contributed by atoms with Gasteiger partial charge in [-0.15, -0.1) is 11.6 Å². The zero-order chi connectivity index (χ0) is 16.8. The van der Waals surface area contributed by atoms with E-state index in [0.29, 0.717) is 13.0 Å². The Morgan fingerprint density at radius 3 is 2.50 bits per heavy atom. The van der Waals surface area contributed by atoms with Crippen LogP contribution < -0.4 is 4.74 Å². The molecule has 4 atom stereocenters. The Hall–Kier alpha value is 0.114. The molecule has 24 heavy (non-hydrogen) atoms. The fourth-order valence-electron chi connectivity index (χ4n) is 3.39. The molecular weight excluding hydrogens is 397 g/mol. The molecule has 0 spiro atoms. The number of unbranched alkanes of at least 4 members (excludes halogenated alkanes) is 1. The molecule has 2 nitrogen and oxygen atoms in total. The molecule has 1 N–H and O–H groups in total. The summed E-state index contributed by atoms with van der Waals surface area (Å²) in [6.07, 6.45) is 7.40. The number of ether oxygens (including phenoxy) is 1. The van der Waals surface area contributed by atoms with Crippen molar-refractivity contribution < 1.29 is 42.6 Å². The second-order valence-corrected chi connectivity index (χ2v) is 7.19. The summed E-state index contributed by atoms with van der Waals surface area (Å²) in [4.78, 5) is 0. The van der Waals surface area contributed by atoms with Gasteiger partial charge in [0, 0.05) is 44.0 Å². The Bertz CT molecular complexity index is 512. The largest absolute Gasteiger partial charge is 0.493 e. The number of hydrogen-bond donors (Lipinski definition) is 1. The summed E-state index contributed by atoms with van der Waals surface area (Å²) in [5.41, 5.74) is 2.38. The van der Waals surface area contributed by atoms with Crippen LogP contribution in [0.25, 0.3) is 0 Å². The van der Waals surface area contributed by atoms with Crippen molar-refractivity contribution in [2.45, 2.75) is 51.0 Å². The Labute approximate surface area is 176 Å². The standard InChI is InChI=1S/C20H28ClO2.Y/c1-4-5-6-7-8-17-18(20(22)12-19(17)21)13-23-16-10-14(2)9-15(3)11-16;/h6-7,9-11,17-20,22H,1,4-5,8,12-13H2,2-3H3;/q-1;/b7-6-;/t17-,18-,19-,20-;/m1./s1. The van der Waals surface area contributed by atoms with Crippen LogP contribution in [0.5, 0.6) is 5.75 Å². The maximum atomic E-state index is 10.3. The summed E-state index contributed by atoms with van der Waals surface area (Å²) >= 11 is 6.45. The molecule has 131 valence electrons. The third-order valence-electron chi connectivity index (χ3n) is 4.56. The van der Waals surface area contributed by atoms with Crippen LogP contribution in [0.1, 0.15) is 36.8 Å². The van der Waals surface area contributed by atoms with Crippen molar-refractivity contribution in [2.24, 2.45) is 11.8 Å². The van der Waals surface area contributed by atoms with Gasteiger partial charge in [-0.2, -0.15) is 6.42 Å². The van der Waals surface area contributed by atoms with Crippen molar-refractivity contribution in [3.8, 4) is 5.75 Å². The van der Waals surface area contributed by atoms with E-state index in [2.05, 4.69) is 39.0 Å². The summed E-state index contributed by atoms with van der Waals surface area (Å²) in [7, 11) is 0. The van der Waals surface area contributed by atoms with Crippen molar-refractivity contribution in [1.82, 2.24) is 0 Å². The first-order valence-corrected chi connectivity index (χ1v) is 8.92. The SMILES string of the molecule is [CH2-]CC/C=C\C[C@@H]1[C@@H](COc2cc(C)cc(C)c2)[C@H](O)C[C@H]1Cl.[Y]. The molecule has 2 rings (SSSR count). The second kappa shape index (κ2) is 11.0. The molecule has 0 bridgehead atoms. The first kappa shape index (κ1) is 22.2. The van der Waals surface area contributed by atoms with Crippen molar-refractivity contribution >= 4 is 11.6 Å². The van der Waals surface area contributed by atoms with E-state index in [0.717, 1.165) is 25.0 Å². The van der Waals surface area contributed by atoms with Gasteiger partial charge in [0.2, 0.25) is 0 Å². The van der Waals surface area contributed by atoms with Gasteiger partial charge in [0.15, 0.2) is 0 Å². The van der Waals surface area contributed by atoms with E-state index in [1.807, 2.05) is 12.1 Å². The van der Waals surface area contributed by atoms with Crippen LogP contribution in [0.2, 0.25) is 0 Å². The third kappa shape index (κ3) is 6.44. The normalized spacial score (nSPS) is 26.5. The van der Waals surface area contributed by atoms with Crippen LogP contribution in [-0.4, -0.2) is 23.2 Å². The maximum Gasteiger partial charge on any atom is 0.119 e. The van der Waals surface area contributed by atoms with E-state index < -0.39 is 0 Å². The molecule has 1 fully saturated rings. The van der Waals surface area contributed by atoms with Gasteiger partial charge in [-0.3, -0.25) is 0 Å². The van der Waals surface area contributed by atoms with Crippen molar-refractivity contribution in [2.75, 3.05) is 6.61 Å². The molecule has 0 saturated heterocycles. The maximum absolute atomic E-state index is 10.3. The molecule has 1 aliphatic rings. The smallest absolute Gasteiger partial charge is 0.119 e. The van der Waals surface area contributed by atoms with E-state index in [4.69, 9.17) is 16.3 Å². The minimum Gasteiger partial charge on any atom is -0.493 e. The van der Waals surface area contributed by atoms with Crippen LogP contribution in [-0.2, 0) is 32.7 Å². The van der Waals surface area contributed by atoms with Gasteiger partial charge in [0.05, 0.1) is 12.7 Å². The van der Waals surface area contributed by atoms with Crippen LogP contribution >= 0.6 is 11.6 Å². The summed E-state index contributed by atoms with van der Waals surface area (Å²) in [6, 6.07) is 6.20. The van der Waals surface area contributed by atoms with Crippen molar-refractivity contribution in [3.63, 3.8) is 0 Å². The molecule has 1 saturated carbocycles. The monoisotopic (exact) mass is 424 g/mol. The zero-order valence-electron chi connectivity index (χ0n) is 14.7. The number of aliphatic hydroxyl groups excluding tert-OH is 1. The first-order valence-electron chi connectivity index (χ1n) is 8.48. The average Bonchev–Trinajstić information content (AvgIpc) is 2.74. The molecule has 4 heteroatoms. The van der Waals surface area contributed by atoms with E-state index >= 15 is 0 Å². The van der Waals surface area contributed by atoms with Crippen LogP contribution in [0, 0.1) is 32.6 Å². The van der Waals surface area contributed by atoms with Gasteiger partial charge >= 0.3 is 0 Å². The summed E-state index contributed by atoms with van der Waals surface area (Å²) in [5, 5.41) is 10.3. The fraction of sp³-hybridized carbons (Fsp3) is 0.550. The number of benzene rings is 1. The number of rotatable bonds is 7. The van der Waals surface area contributed by atoms with E-state index in [9.17, 15) is 5.11 Å². The quantitative estimate of drug-likeness (QED) is 0.385. The number of alkyl halides is 1. The van der Waals surface area contributed by atoms with Crippen LogP contribution in [0.3, 0.4) is 0 Å². The van der Waals surface area contributed by atoms with E-state index in [1.54, 1.807) is 0 Å². The van der Waals surface area contributed by atoms with Crippen molar-refractivity contribution in [3.05, 3.63) is 48.4 Å². The molecule has 0 heterocycles.